The fourth-order valence-electron chi connectivity index (χ4n) is 3.02. The highest BCUT2D eigenvalue weighted by Crippen LogP contribution is 2.23. The van der Waals surface area contributed by atoms with Gasteiger partial charge in [0.2, 0.25) is 0 Å². The van der Waals surface area contributed by atoms with Gasteiger partial charge in [-0.05, 0) is 31.5 Å². The molecule has 1 fully saturated rings. The maximum absolute atomic E-state index is 4.45. The van der Waals surface area contributed by atoms with Crippen LogP contribution in [0, 0.1) is 6.92 Å². The standard InChI is InChI=1S/C18H23N3/c1-15-6-5-7-17(14-15)16(2)20-10-12-21(13-11-20)18-8-3-4-9-19-18/h3-9,14,16H,10-13H2,1-2H3. The summed E-state index contributed by atoms with van der Waals surface area (Å²) in [6.45, 7) is 8.75. The molecule has 1 saturated heterocycles. The maximum Gasteiger partial charge on any atom is 0.128 e. The highest BCUT2D eigenvalue weighted by atomic mass is 15.3. The van der Waals surface area contributed by atoms with Gasteiger partial charge in [0.25, 0.3) is 0 Å². The third-order valence-electron chi connectivity index (χ3n) is 4.36. The summed E-state index contributed by atoms with van der Waals surface area (Å²) in [6.07, 6.45) is 1.87. The molecule has 1 aliphatic rings. The van der Waals surface area contributed by atoms with Gasteiger partial charge in [-0.15, -0.1) is 0 Å². The van der Waals surface area contributed by atoms with Gasteiger partial charge in [0.15, 0.2) is 0 Å². The summed E-state index contributed by atoms with van der Waals surface area (Å²) in [6, 6.07) is 15.5. The first-order valence-corrected chi connectivity index (χ1v) is 7.70. The van der Waals surface area contributed by atoms with Crippen LogP contribution in [0.2, 0.25) is 0 Å². The third-order valence-corrected chi connectivity index (χ3v) is 4.36. The molecule has 3 heteroatoms. The molecule has 21 heavy (non-hydrogen) atoms. The summed E-state index contributed by atoms with van der Waals surface area (Å²) >= 11 is 0. The first kappa shape index (κ1) is 14.1. The van der Waals surface area contributed by atoms with Crippen molar-refractivity contribution in [2.45, 2.75) is 19.9 Å². The van der Waals surface area contributed by atoms with Crippen molar-refractivity contribution in [3.63, 3.8) is 0 Å². The molecule has 3 nitrogen and oxygen atoms in total. The van der Waals surface area contributed by atoms with Crippen molar-refractivity contribution < 1.29 is 0 Å². The quantitative estimate of drug-likeness (QED) is 0.860. The van der Waals surface area contributed by atoms with Crippen molar-refractivity contribution >= 4 is 5.82 Å². The molecular formula is C18H23N3. The van der Waals surface area contributed by atoms with E-state index < -0.39 is 0 Å². The van der Waals surface area contributed by atoms with Crippen LogP contribution in [0.1, 0.15) is 24.1 Å². The van der Waals surface area contributed by atoms with Gasteiger partial charge in [-0.3, -0.25) is 4.90 Å². The molecule has 1 aromatic heterocycles. The Morgan fingerprint density at radius 1 is 1.00 bits per heavy atom. The smallest absolute Gasteiger partial charge is 0.128 e. The van der Waals surface area contributed by atoms with Crippen LogP contribution in [0.5, 0.6) is 0 Å². The van der Waals surface area contributed by atoms with E-state index in [0.717, 1.165) is 32.0 Å². The summed E-state index contributed by atoms with van der Waals surface area (Å²) in [5.74, 6) is 1.10. The second-order valence-electron chi connectivity index (χ2n) is 5.80. The molecule has 0 aliphatic carbocycles. The molecule has 3 rings (SSSR count). The number of hydrogen-bond acceptors (Lipinski definition) is 3. The van der Waals surface area contributed by atoms with Gasteiger partial charge in [0.05, 0.1) is 0 Å². The predicted molar refractivity (Wildman–Crippen MR) is 87.6 cm³/mol. The van der Waals surface area contributed by atoms with Gasteiger partial charge in [-0.2, -0.15) is 0 Å². The van der Waals surface area contributed by atoms with Crippen LogP contribution in [-0.4, -0.2) is 36.1 Å². The van der Waals surface area contributed by atoms with E-state index in [1.807, 2.05) is 12.3 Å². The van der Waals surface area contributed by atoms with E-state index in [1.165, 1.54) is 11.1 Å². The summed E-state index contributed by atoms with van der Waals surface area (Å²) in [5, 5.41) is 0. The topological polar surface area (TPSA) is 19.4 Å². The zero-order valence-electron chi connectivity index (χ0n) is 12.9. The Hall–Kier alpha value is -1.87. The van der Waals surface area contributed by atoms with Crippen molar-refractivity contribution in [1.82, 2.24) is 9.88 Å². The van der Waals surface area contributed by atoms with E-state index in [1.54, 1.807) is 0 Å². The normalized spacial score (nSPS) is 17.7. The fourth-order valence-corrected chi connectivity index (χ4v) is 3.02. The van der Waals surface area contributed by atoms with Crippen molar-refractivity contribution in [2.24, 2.45) is 0 Å². The minimum Gasteiger partial charge on any atom is -0.354 e. The Kier molecular flexibility index (Phi) is 4.20. The zero-order chi connectivity index (χ0) is 14.7. The third kappa shape index (κ3) is 3.24. The van der Waals surface area contributed by atoms with Gasteiger partial charge >= 0.3 is 0 Å². The van der Waals surface area contributed by atoms with Crippen LogP contribution in [0.4, 0.5) is 5.82 Å². The summed E-state index contributed by atoms with van der Waals surface area (Å²) in [4.78, 5) is 9.39. The van der Waals surface area contributed by atoms with Gasteiger partial charge in [0.1, 0.15) is 5.82 Å². The summed E-state index contributed by atoms with van der Waals surface area (Å²) in [5.41, 5.74) is 2.76. The summed E-state index contributed by atoms with van der Waals surface area (Å²) in [7, 11) is 0. The Morgan fingerprint density at radius 3 is 2.48 bits per heavy atom. The van der Waals surface area contributed by atoms with E-state index in [9.17, 15) is 0 Å². The lowest BCUT2D eigenvalue weighted by molar-refractivity contribution is 0.198. The van der Waals surface area contributed by atoms with Gasteiger partial charge in [0, 0.05) is 38.4 Å². The molecule has 1 aliphatic heterocycles. The molecule has 1 unspecified atom stereocenters. The Labute approximate surface area is 127 Å². The molecule has 0 saturated carbocycles. The molecule has 0 spiro atoms. The highest BCUT2D eigenvalue weighted by Gasteiger charge is 2.22. The number of rotatable bonds is 3. The SMILES string of the molecule is Cc1cccc(C(C)N2CCN(c3ccccn3)CC2)c1. The molecule has 2 aromatic rings. The number of benzene rings is 1. The molecule has 2 heterocycles. The maximum atomic E-state index is 4.45. The second kappa shape index (κ2) is 6.27. The Bertz CT molecular complexity index is 574. The Balaban J connectivity index is 1.63. The number of hydrogen-bond donors (Lipinski definition) is 0. The fraction of sp³-hybridized carbons (Fsp3) is 0.389. The molecule has 0 N–H and O–H groups in total. The number of aromatic nitrogens is 1. The summed E-state index contributed by atoms with van der Waals surface area (Å²) < 4.78 is 0. The first-order valence-electron chi connectivity index (χ1n) is 7.70. The van der Waals surface area contributed by atoms with Crippen LogP contribution in [-0.2, 0) is 0 Å². The van der Waals surface area contributed by atoms with Crippen molar-refractivity contribution in [3.8, 4) is 0 Å². The predicted octanol–water partition coefficient (Wildman–Crippen LogP) is 3.27. The van der Waals surface area contributed by atoms with Gasteiger partial charge in [-0.25, -0.2) is 4.98 Å². The minimum atomic E-state index is 0.482. The Morgan fingerprint density at radius 2 is 1.81 bits per heavy atom. The van der Waals surface area contributed by atoms with Crippen LogP contribution in [0.15, 0.2) is 48.7 Å². The van der Waals surface area contributed by atoms with Crippen LogP contribution >= 0.6 is 0 Å². The minimum absolute atomic E-state index is 0.482. The van der Waals surface area contributed by atoms with Gasteiger partial charge in [-0.1, -0.05) is 35.9 Å². The molecular weight excluding hydrogens is 258 g/mol. The van der Waals surface area contributed by atoms with Crippen molar-refractivity contribution in [2.75, 3.05) is 31.1 Å². The number of nitrogens with zero attached hydrogens (tertiary/aromatic N) is 3. The molecule has 0 radical (unpaired) electrons. The molecule has 1 aromatic carbocycles. The average Bonchev–Trinajstić information content (AvgIpc) is 2.55. The number of pyridine rings is 1. The lowest BCUT2D eigenvalue weighted by atomic mass is 10.0. The second-order valence-corrected chi connectivity index (χ2v) is 5.80. The van der Waals surface area contributed by atoms with E-state index in [4.69, 9.17) is 0 Å². The monoisotopic (exact) mass is 281 g/mol. The molecule has 1 atom stereocenters. The van der Waals surface area contributed by atoms with Crippen LogP contribution in [0.3, 0.4) is 0 Å². The number of aryl methyl sites for hydroxylation is 1. The van der Waals surface area contributed by atoms with E-state index >= 15 is 0 Å². The van der Waals surface area contributed by atoms with Crippen LogP contribution in [0.25, 0.3) is 0 Å². The van der Waals surface area contributed by atoms with Crippen molar-refractivity contribution in [3.05, 3.63) is 59.8 Å². The molecule has 0 amide bonds. The molecule has 110 valence electrons. The number of piperazine rings is 1. The zero-order valence-corrected chi connectivity index (χ0v) is 12.9. The van der Waals surface area contributed by atoms with Crippen molar-refractivity contribution in [1.29, 1.82) is 0 Å². The molecule has 0 bridgehead atoms. The largest absolute Gasteiger partial charge is 0.354 e. The van der Waals surface area contributed by atoms with E-state index in [0.29, 0.717) is 6.04 Å². The average molecular weight is 281 g/mol. The lowest BCUT2D eigenvalue weighted by Gasteiger charge is -2.38. The van der Waals surface area contributed by atoms with Crippen LogP contribution < -0.4 is 4.90 Å². The van der Waals surface area contributed by atoms with Gasteiger partial charge < -0.3 is 4.90 Å². The highest BCUT2D eigenvalue weighted by molar-refractivity contribution is 5.38. The lowest BCUT2D eigenvalue weighted by Crippen LogP contribution is -2.47. The first-order chi connectivity index (χ1) is 10.2. The number of anilines is 1. The van der Waals surface area contributed by atoms with E-state index in [-0.39, 0.29) is 0 Å². The van der Waals surface area contributed by atoms with E-state index in [2.05, 4.69) is 65.0 Å².